The topological polar surface area (TPSA) is 296 Å². The van der Waals surface area contributed by atoms with E-state index in [2.05, 4.69) is 10.6 Å². The van der Waals surface area contributed by atoms with Gasteiger partial charge in [-0.15, -0.1) is 0 Å². The third kappa shape index (κ3) is 6.67. The van der Waals surface area contributed by atoms with E-state index in [1.165, 1.54) is 25.1 Å². The number of carbonyl (C=O) groups is 7. The minimum atomic E-state index is -2.99. The molecule has 2 unspecified atom stereocenters. The van der Waals surface area contributed by atoms with Crippen LogP contribution in [-0.4, -0.2) is 154 Å². The summed E-state index contributed by atoms with van der Waals surface area (Å²) in [5, 5.41) is 58.6. The molecule has 0 aromatic heterocycles. The van der Waals surface area contributed by atoms with Gasteiger partial charge in [0.2, 0.25) is 11.8 Å². The van der Waals surface area contributed by atoms with E-state index in [4.69, 9.17) is 15.2 Å². The summed E-state index contributed by atoms with van der Waals surface area (Å²) >= 11 is 0. The second kappa shape index (κ2) is 14.4. The molecule has 5 rings (SSSR count). The van der Waals surface area contributed by atoms with Crippen LogP contribution >= 0.6 is 0 Å². The summed E-state index contributed by atoms with van der Waals surface area (Å²) in [5.74, 6) is -15.7. The van der Waals surface area contributed by atoms with Gasteiger partial charge in [0, 0.05) is 31.2 Å². The molecular formula is C35H47N5O14. The van der Waals surface area contributed by atoms with E-state index in [1.54, 1.807) is 19.0 Å². The zero-order chi connectivity index (χ0) is 40.5. The van der Waals surface area contributed by atoms with Crippen molar-refractivity contribution in [3.05, 3.63) is 17.2 Å². The number of anilines is 2. The molecule has 1 aromatic rings. The molecule has 1 aromatic carbocycles. The number of ether oxygens (including phenoxy) is 2. The Balaban J connectivity index is 1.68. The first kappa shape index (κ1) is 40.8. The van der Waals surface area contributed by atoms with E-state index in [-0.39, 0.29) is 30.6 Å². The number of nitrogens with zero attached hydrogens (tertiary/aromatic N) is 2. The minimum Gasteiger partial charge on any atom is -0.505 e. The molecule has 0 bridgehead atoms. The molecule has 0 spiro atoms. The minimum absolute atomic E-state index is 0.0543. The SMILES string of the molecule is CN(C)c1cc(NC(=O)CNC(C)(C)C)c(O)c2c1C[C@H]1C[C@H]3[C@@H](N(C)C)C(=O)C(C(N)=O)C(=O)[C@@]3(O[C@@H]3O[C@H](C(=O)O)[C@@H](O)[C@H](O)[C@H]3O)C(=O)C1C2=O. The number of carboxylic acids is 1. The molecular weight excluding hydrogens is 714 g/mol. The number of aromatic hydroxyl groups is 1. The molecule has 296 valence electrons. The largest absolute Gasteiger partial charge is 0.505 e. The fourth-order valence-corrected chi connectivity index (χ4v) is 8.20. The Labute approximate surface area is 309 Å². The Bertz CT molecular complexity index is 1790. The molecule has 1 saturated heterocycles. The van der Waals surface area contributed by atoms with Crippen molar-refractivity contribution in [3.8, 4) is 5.75 Å². The van der Waals surface area contributed by atoms with Crippen LogP contribution in [0.1, 0.15) is 43.1 Å². The lowest BCUT2D eigenvalue weighted by Gasteiger charge is -2.55. The third-order valence-electron chi connectivity index (χ3n) is 10.7. The Morgan fingerprint density at radius 3 is 2.19 bits per heavy atom. The summed E-state index contributed by atoms with van der Waals surface area (Å²) in [7, 11) is 6.19. The first-order valence-electron chi connectivity index (χ1n) is 17.3. The predicted molar refractivity (Wildman–Crippen MR) is 185 cm³/mol. The van der Waals surface area contributed by atoms with E-state index < -0.39 is 118 Å². The van der Waals surface area contributed by atoms with Gasteiger partial charge in [-0.1, -0.05) is 0 Å². The fourth-order valence-electron chi connectivity index (χ4n) is 8.20. The molecule has 19 nitrogen and oxygen atoms in total. The molecule has 1 heterocycles. The number of benzene rings is 1. The Morgan fingerprint density at radius 2 is 1.65 bits per heavy atom. The average Bonchev–Trinajstić information content (AvgIpc) is 3.05. The maximum absolute atomic E-state index is 15.1. The van der Waals surface area contributed by atoms with Crippen LogP contribution in [0, 0.1) is 23.7 Å². The number of likely N-dealkylation sites (N-methyl/N-ethyl adjacent to an activating group) is 1. The summed E-state index contributed by atoms with van der Waals surface area (Å²) in [5.41, 5.74) is 2.36. The molecule has 4 aliphatic rings. The van der Waals surface area contributed by atoms with Gasteiger partial charge in [-0.05, 0) is 65.3 Å². The van der Waals surface area contributed by atoms with Gasteiger partial charge in [0.1, 0.15) is 24.1 Å². The summed E-state index contributed by atoms with van der Waals surface area (Å²) in [6, 6.07) is 0.0392. The van der Waals surface area contributed by atoms with E-state index in [1.807, 2.05) is 20.8 Å². The number of primary amides is 1. The zero-order valence-electron chi connectivity index (χ0n) is 30.9. The molecule has 1 aliphatic heterocycles. The highest BCUT2D eigenvalue weighted by Gasteiger charge is 2.72. The number of nitrogens with two attached hydrogens (primary N) is 1. The number of phenolic OH excluding ortho intramolecular Hbond substituents is 1. The molecule has 3 aliphatic carbocycles. The van der Waals surface area contributed by atoms with Crippen LogP contribution in [0.5, 0.6) is 5.75 Å². The van der Waals surface area contributed by atoms with Gasteiger partial charge in [-0.2, -0.15) is 0 Å². The van der Waals surface area contributed by atoms with Crippen molar-refractivity contribution in [2.45, 2.75) is 81.5 Å². The van der Waals surface area contributed by atoms with Crippen LogP contribution in [-0.2, 0) is 44.7 Å². The number of amides is 2. The van der Waals surface area contributed by atoms with Crippen LogP contribution in [0.3, 0.4) is 0 Å². The summed E-state index contributed by atoms with van der Waals surface area (Å²) in [6.45, 7) is 5.37. The highest BCUT2D eigenvalue weighted by molar-refractivity contribution is 6.32. The second-order valence-corrected chi connectivity index (χ2v) is 15.8. The van der Waals surface area contributed by atoms with Crippen LogP contribution in [0.15, 0.2) is 6.07 Å². The van der Waals surface area contributed by atoms with Crippen LogP contribution in [0.25, 0.3) is 0 Å². The quantitative estimate of drug-likeness (QED) is 0.0930. The van der Waals surface area contributed by atoms with E-state index >= 15 is 4.79 Å². The number of ketones is 4. The molecule has 2 saturated carbocycles. The second-order valence-electron chi connectivity index (χ2n) is 15.8. The number of aliphatic hydroxyl groups is 3. The lowest BCUT2D eigenvalue weighted by atomic mass is 9.52. The molecule has 54 heavy (non-hydrogen) atoms. The molecule has 11 atom stereocenters. The number of carboxylic acid groups (broad SMARTS) is 1. The average molecular weight is 762 g/mol. The number of carbonyl (C=O) groups excluding carboxylic acids is 6. The first-order valence-corrected chi connectivity index (χ1v) is 17.3. The van der Waals surface area contributed by atoms with Gasteiger partial charge in [0.25, 0.3) is 0 Å². The first-order chi connectivity index (χ1) is 25.0. The van der Waals surface area contributed by atoms with Crippen molar-refractivity contribution >= 4 is 52.3 Å². The lowest BCUT2D eigenvalue weighted by Crippen LogP contribution is -2.76. The lowest BCUT2D eigenvalue weighted by molar-refractivity contribution is -0.320. The van der Waals surface area contributed by atoms with Gasteiger partial charge in [0.15, 0.2) is 47.0 Å². The van der Waals surface area contributed by atoms with E-state index in [0.717, 1.165) is 0 Å². The molecule has 0 radical (unpaired) electrons. The van der Waals surface area contributed by atoms with Crippen LogP contribution in [0.2, 0.25) is 0 Å². The number of fused-ring (bicyclic) bond motifs is 3. The number of nitrogens with one attached hydrogen (secondary N) is 2. The number of aliphatic hydroxyl groups excluding tert-OH is 3. The van der Waals surface area contributed by atoms with Gasteiger partial charge in [-0.3, -0.25) is 33.7 Å². The summed E-state index contributed by atoms with van der Waals surface area (Å²) < 4.78 is 11.3. The van der Waals surface area contributed by atoms with Crippen molar-refractivity contribution in [1.82, 2.24) is 10.2 Å². The van der Waals surface area contributed by atoms with Crippen molar-refractivity contribution in [2.24, 2.45) is 29.4 Å². The number of phenols is 1. The maximum Gasteiger partial charge on any atom is 0.335 e. The highest BCUT2D eigenvalue weighted by atomic mass is 16.7. The predicted octanol–water partition coefficient (Wildman–Crippen LogP) is -2.82. The highest BCUT2D eigenvalue weighted by Crippen LogP contribution is 2.54. The number of hydrogen-bond donors (Lipinski definition) is 8. The summed E-state index contributed by atoms with van der Waals surface area (Å²) in [4.78, 5) is 98.8. The Morgan fingerprint density at radius 1 is 1.02 bits per heavy atom. The number of hydrogen-bond acceptors (Lipinski definition) is 16. The van der Waals surface area contributed by atoms with E-state index in [9.17, 15) is 54.3 Å². The number of aliphatic carboxylic acids is 1. The van der Waals surface area contributed by atoms with Crippen molar-refractivity contribution in [1.29, 1.82) is 0 Å². The maximum atomic E-state index is 15.1. The van der Waals surface area contributed by atoms with E-state index in [0.29, 0.717) is 11.3 Å². The molecule has 3 fully saturated rings. The van der Waals surface area contributed by atoms with Crippen LogP contribution in [0.4, 0.5) is 11.4 Å². The Kier molecular flexibility index (Phi) is 10.9. The van der Waals surface area contributed by atoms with Crippen molar-refractivity contribution in [3.63, 3.8) is 0 Å². The third-order valence-corrected chi connectivity index (χ3v) is 10.7. The monoisotopic (exact) mass is 761 g/mol. The van der Waals surface area contributed by atoms with Crippen molar-refractivity contribution in [2.75, 3.05) is 45.0 Å². The zero-order valence-corrected chi connectivity index (χ0v) is 30.9. The number of Topliss-reactive ketones (excluding diaryl/α,β-unsaturated/α-hetero) is 4. The number of rotatable bonds is 9. The van der Waals surface area contributed by atoms with Gasteiger partial charge in [0.05, 0.1) is 29.8 Å². The fraction of sp³-hybridized carbons (Fsp3) is 0.629. The van der Waals surface area contributed by atoms with Gasteiger partial charge < -0.3 is 56.3 Å². The van der Waals surface area contributed by atoms with Crippen molar-refractivity contribution < 1.29 is 68.6 Å². The normalized spacial score (nSPS) is 33.8. The molecule has 19 heteroatoms. The van der Waals surface area contributed by atoms with Gasteiger partial charge in [-0.25, -0.2) is 4.79 Å². The molecule has 9 N–H and O–H groups in total. The van der Waals surface area contributed by atoms with Crippen LogP contribution < -0.4 is 21.3 Å². The molecule has 2 amide bonds. The Hall–Kier alpha value is -4.37. The van der Waals surface area contributed by atoms with Gasteiger partial charge >= 0.3 is 5.97 Å². The smallest absolute Gasteiger partial charge is 0.335 e. The summed E-state index contributed by atoms with van der Waals surface area (Å²) in [6.07, 6.45) is -11.6. The standard InChI is InChI=1S/C35H47N5O14/c1-34(2,3)37-11-17(41)38-15-10-16(39(4)5)13-8-12-9-14-21(40(6)7)24(44)20(31(36)50)30(49)35(14,29(48)18(12)23(43)19(13)22(15)42)54-33-27(47)25(45)26(46)28(53-33)32(51)52/h10,12,14,18,20-21,25-28,33,37,42,45-47H,8-9,11H2,1-7H3,(H2,36,50)(H,38,41)(H,51,52)/t12-,14-,18?,20?,21+,25-,26-,27+,28-,33-,35-/m0/s1.